The van der Waals surface area contributed by atoms with E-state index in [1.807, 2.05) is 0 Å². The fraction of sp³-hybridized carbons (Fsp3) is 0.364. The van der Waals surface area contributed by atoms with Crippen molar-refractivity contribution in [3.63, 3.8) is 0 Å². The van der Waals surface area contributed by atoms with Gasteiger partial charge in [-0.1, -0.05) is 11.6 Å². The van der Waals surface area contributed by atoms with Gasteiger partial charge in [0.2, 0.25) is 5.91 Å². The van der Waals surface area contributed by atoms with E-state index in [1.54, 1.807) is 13.8 Å². The van der Waals surface area contributed by atoms with Crippen LogP contribution in [-0.4, -0.2) is 16.4 Å². The molecule has 0 saturated heterocycles. The summed E-state index contributed by atoms with van der Waals surface area (Å²) in [4.78, 5) is 21.6. The van der Waals surface area contributed by atoms with Crippen LogP contribution in [0.15, 0.2) is 18.2 Å². The van der Waals surface area contributed by atoms with Gasteiger partial charge in [-0.05, 0) is 26.0 Å². The van der Waals surface area contributed by atoms with Crippen molar-refractivity contribution in [1.82, 2.24) is 0 Å². The third-order valence-corrected chi connectivity index (χ3v) is 2.35. The zero-order valence-corrected chi connectivity index (χ0v) is 10.8. The Morgan fingerprint density at radius 3 is 2.61 bits per heavy atom. The summed E-state index contributed by atoms with van der Waals surface area (Å²) >= 11 is 5.72. The van der Waals surface area contributed by atoms with Gasteiger partial charge in [0, 0.05) is 23.7 Å². The van der Waals surface area contributed by atoms with E-state index >= 15 is 0 Å². The van der Waals surface area contributed by atoms with Crippen molar-refractivity contribution >= 4 is 28.9 Å². The number of nitro benzene ring substituents is 1. The fourth-order valence-corrected chi connectivity index (χ4v) is 1.60. The molecule has 0 radical (unpaired) electrons. The second-order valence-corrected chi connectivity index (χ2v) is 5.04. The minimum absolute atomic E-state index is 0.0233. The lowest BCUT2D eigenvalue weighted by atomic mass is 10.0. The summed E-state index contributed by atoms with van der Waals surface area (Å²) in [6.45, 7) is 3.46. The summed E-state index contributed by atoms with van der Waals surface area (Å²) in [6.07, 6.45) is 0.140. The lowest BCUT2D eigenvalue weighted by Crippen LogP contribution is -2.36. The SMILES string of the molecule is CC(C)(N)CC(=O)Nc1ccc([N+](=O)[O-])c(Cl)c1. The van der Waals surface area contributed by atoms with Crippen LogP contribution >= 0.6 is 11.6 Å². The molecule has 0 aliphatic heterocycles. The van der Waals surface area contributed by atoms with Crippen LogP contribution in [0.1, 0.15) is 20.3 Å². The number of carbonyl (C=O) groups is 1. The first-order chi connectivity index (χ1) is 8.19. The van der Waals surface area contributed by atoms with Crippen LogP contribution in [0.2, 0.25) is 5.02 Å². The molecule has 0 spiro atoms. The molecular formula is C11H14ClN3O3. The Hall–Kier alpha value is -1.66. The molecule has 98 valence electrons. The van der Waals surface area contributed by atoms with Gasteiger partial charge in [0.1, 0.15) is 5.02 Å². The van der Waals surface area contributed by atoms with Crippen LogP contribution in [0, 0.1) is 10.1 Å². The maximum absolute atomic E-state index is 11.6. The second kappa shape index (κ2) is 5.32. The number of rotatable bonds is 4. The average Bonchev–Trinajstić information content (AvgIpc) is 2.13. The van der Waals surface area contributed by atoms with Crippen LogP contribution in [0.25, 0.3) is 0 Å². The summed E-state index contributed by atoms with van der Waals surface area (Å²) < 4.78 is 0. The van der Waals surface area contributed by atoms with Crippen molar-refractivity contribution in [3.8, 4) is 0 Å². The Bertz CT molecular complexity index is 483. The van der Waals surface area contributed by atoms with Gasteiger partial charge in [-0.3, -0.25) is 14.9 Å². The maximum atomic E-state index is 11.6. The number of hydrogen-bond donors (Lipinski definition) is 2. The molecule has 0 fully saturated rings. The molecule has 7 heteroatoms. The summed E-state index contributed by atoms with van der Waals surface area (Å²) in [5, 5.41) is 13.1. The van der Waals surface area contributed by atoms with Crippen LogP contribution < -0.4 is 11.1 Å². The molecule has 6 nitrogen and oxygen atoms in total. The first-order valence-electron chi connectivity index (χ1n) is 5.22. The Labute approximate surface area is 109 Å². The standard InChI is InChI=1S/C11H14ClN3O3/c1-11(2,13)6-10(16)14-7-3-4-9(15(17)18)8(12)5-7/h3-5H,6,13H2,1-2H3,(H,14,16). The minimum Gasteiger partial charge on any atom is -0.326 e. The molecule has 1 amide bonds. The van der Waals surface area contributed by atoms with Crippen LogP contribution in [-0.2, 0) is 4.79 Å². The Kier molecular flexibility index (Phi) is 4.26. The van der Waals surface area contributed by atoms with Crippen molar-refractivity contribution in [3.05, 3.63) is 33.3 Å². The number of nitrogens with one attached hydrogen (secondary N) is 1. The smallest absolute Gasteiger partial charge is 0.288 e. The minimum atomic E-state index is -0.616. The molecule has 0 saturated carbocycles. The third kappa shape index (κ3) is 4.31. The Balaban J connectivity index is 2.78. The molecule has 0 bridgehead atoms. The van der Waals surface area contributed by atoms with Crippen LogP contribution in [0.5, 0.6) is 0 Å². The largest absolute Gasteiger partial charge is 0.326 e. The number of benzene rings is 1. The lowest BCUT2D eigenvalue weighted by Gasteiger charge is -2.17. The molecule has 0 heterocycles. The molecule has 0 unspecified atom stereocenters. The molecule has 1 rings (SSSR count). The quantitative estimate of drug-likeness (QED) is 0.648. The zero-order valence-electron chi connectivity index (χ0n) is 10.1. The first-order valence-corrected chi connectivity index (χ1v) is 5.59. The van der Waals surface area contributed by atoms with Crippen molar-refractivity contribution in [2.24, 2.45) is 5.73 Å². The van der Waals surface area contributed by atoms with Gasteiger partial charge in [-0.2, -0.15) is 0 Å². The molecule has 3 N–H and O–H groups in total. The Morgan fingerprint density at radius 2 is 2.17 bits per heavy atom. The number of nitro groups is 1. The van der Waals surface area contributed by atoms with Crippen LogP contribution in [0.3, 0.4) is 0 Å². The lowest BCUT2D eigenvalue weighted by molar-refractivity contribution is -0.384. The van der Waals surface area contributed by atoms with E-state index in [0.717, 1.165) is 0 Å². The molecule has 1 aromatic rings. The van der Waals surface area contributed by atoms with E-state index in [2.05, 4.69) is 5.32 Å². The molecule has 18 heavy (non-hydrogen) atoms. The first kappa shape index (κ1) is 14.4. The number of nitrogens with two attached hydrogens (primary N) is 1. The second-order valence-electron chi connectivity index (χ2n) is 4.64. The van der Waals surface area contributed by atoms with Crippen molar-refractivity contribution in [1.29, 1.82) is 0 Å². The number of halogens is 1. The number of hydrogen-bond acceptors (Lipinski definition) is 4. The van der Waals surface area contributed by atoms with Gasteiger partial charge < -0.3 is 11.1 Å². The number of carbonyl (C=O) groups excluding carboxylic acids is 1. The third-order valence-electron chi connectivity index (χ3n) is 2.04. The van der Waals surface area contributed by atoms with Crippen molar-refractivity contribution < 1.29 is 9.72 Å². The molecule has 0 aliphatic carbocycles. The predicted molar refractivity (Wildman–Crippen MR) is 69.6 cm³/mol. The van der Waals surface area contributed by atoms with Crippen molar-refractivity contribution in [2.45, 2.75) is 25.8 Å². The molecule has 0 aliphatic rings. The number of anilines is 1. The maximum Gasteiger partial charge on any atom is 0.288 e. The highest BCUT2D eigenvalue weighted by Crippen LogP contribution is 2.27. The normalized spacial score (nSPS) is 11.1. The average molecular weight is 272 g/mol. The topological polar surface area (TPSA) is 98.3 Å². The highest BCUT2D eigenvalue weighted by atomic mass is 35.5. The van der Waals surface area contributed by atoms with E-state index in [1.165, 1.54) is 18.2 Å². The summed E-state index contributed by atoms with van der Waals surface area (Å²) in [7, 11) is 0. The highest BCUT2D eigenvalue weighted by molar-refractivity contribution is 6.33. The van der Waals surface area contributed by atoms with Crippen LogP contribution in [0.4, 0.5) is 11.4 Å². The van der Waals surface area contributed by atoms with Gasteiger partial charge >= 0.3 is 0 Å². The fourth-order valence-electron chi connectivity index (χ4n) is 1.35. The van der Waals surface area contributed by atoms with E-state index in [4.69, 9.17) is 17.3 Å². The predicted octanol–water partition coefficient (Wildman–Crippen LogP) is 2.31. The Morgan fingerprint density at radius 1 is 1.56 bits per heavy atom. The molecule has 0 aromatic heterocycles. The summed E-state index contributed by atoms with van der Waals surface area (Å²) in [6, 6.07) is 4.00. The van der Waals surface area contributed by atoms with Gasteiger partial charge in [-0.15, -0.1) is 0 Å². The van der Waals surface area contributed by atoms with Gasteiger partial charge in [0.25, 0.3) is 5.69 Å². The number of nitrogens with zero attached hydrogens (tertiary/aromatic N) is 1. The van der Waals surface area contributed by atoms with E-state index in [-0.39, 0.29) is 23.0 Å². The monoisotopic (exact) mass is 271 g/mol. The van der Waals surface area contributed by atoms with Gasteiger partial charge in [0.15, 0.2) is 0 Å². The number of amides is 1. The van der Waals surface area contributed by atoms with Gasteiger partial charge in [-0.25, -0.2) is 0 Å². The molecular weight excluding hydrogens is 258 g/mol. The van der Waals surface area contributed by atoms with E-state index in [9.17, 15) is 14.9 Å². The van der Waals surface area contributed by atoms with E-state index < -0.39 is 10.5 Å². The zero-order chi connectivity index (χ0) is 13.9. The summed E-state index contributed by atoms with van der Waals surface area (Å²) in [5.41, 5.74) is 5.29. The molecule has 1 aromatic carbocycles. The highest BCUT2D eigenvalue weighted by Gasteiger charge is 2.17. The van der Waals surface area contributed by atoms with E-state index in [0.29, 0.717) is 5.69 Å². The van der Waals surface area contributed by atoms with Crippen molar-refractivity contribution in [2.75, 3.05) is 5.32 Å². The van der Waals surface area contributed by atoms with Gasteiger partial charge in [0.05, 0.1) is 4.92 Å². The molecule has 0 atom stereocenters. The summed E-state index contributed by atoms with van der Waals surface area (Å²) in [5.74, 6) is -0.271.